The van der Waals surface area contributed by atoms with Gasteiger partial charge in [0.15, 0.2) is 5.69 Å². The molecule has 0 saturated heterocycles. The van der Waals surface area contributed by atoms with Crippen LogP contribution in [0.1, 0.15) is 5.69 Å². The Balaban J connectivity index is 0.00000128. The average Bonchev–Trinajstić information content (AvgIpc) is 2.45. The predicted molar refractivity (Wildman–Crippen MR) is 69.5 cm³/mol. The first-order valence-electron chi connectivity index (χ1n) is 4.89. The van der Waals surface area contributed by atoms with E-state index < -0.39 is 0 Å². The lowest BCUT2D eigenvalue weighted by Gasteiger charge is -1.98. The maximum Gasteiger partial charge on any atom is 0.289 e. The van der Waals surface area contributed by atoms with E-state index in [4.69, 9.17) is 0 Å². The molecule has 0 atom stereocenters. The third-order valence-corrected chi connectivity index (χ3v) is 4.27. The molecule has 1 aromatic carbocycles. The van der Waals surface area contributed by atoms with Crippen molar-refractivity contribution in [2.45, 2.75) is 6.92 Å². The monoisotopic (exact) mass is 440 g/mol. The van der Waals surface area contributed by atoms with Gasteiger partial charge in [-0.05, 0) is 12.1 Å². The third kappa shape index (κ3) is 2.27. The van der Waals surface area contributed by atoms with Crippen LogP contribution in [0.15, 0.2) is 30.3 Å². The summed E-state index contributed by atoms with van der Waals surface area (Å²) in [7, 11) is 4.22. The largest absolute Gasteiger partial charge is 1.00 e. The molecule has 0 radical (unpaired) electrons. The number of imidazole rings is 1. The maximum absolute atomic E-state index is 2.38. The normalized spacial score (nSPS) is 10.0. The first-order chi connectivity index (χ1) is 7.13. The quantitative estimate of drug-likeness (QED) is 0.416. The zero-order chi connectivity index (χ0) is 11.0. The van der Waals surface area contributed by atoms with Crippen molar-refractivity contribution in [1.29, 1.82) is 0 Å². The van der Waals surface area contributed by atoms with Crippen molar-refractivity contribution in [2.24, 2.45) is 14.1 Å². The lowest BCUT2D eigenvalue weighted by atomic mass is 10.2. The highest BCUT2D eigenvalue weighted by Gasteiger charge is 2.22. The molecule has 0 aliphatic rings. The Hall–Kier alpha value is -0.110. The van der Waals surface area contributed by atoms with E-state index in [0.29, 0.717) is 0 Å². The molecule has 0 bridgehead atoms. The number of benzene rings is 1. The minimum Gasteiger partial charge on any atom is -1.00 e. The number of hydrogen-bond acceptors (Lipinski definition) is 0. The summed E-state index contributed by atoms with van der Waals surface area (Å²) in [6.07, 6.45) is 0. The molecule has 0 amide bonds. The summed E-state index contributed by atoms with van der Waals surface area (Å²) in [6, 6.07) is 10.5. The fraction of sp³-hybridized carbons (Fsp3) is 0.250. The van der Waals surface area contributed by atoms with Gasteiger partial charge in [-0.15, -0.1) is 0 Å². The molecule has 16 heavy (non-hydrogen) atoms. The van der Waals surface area contributed by atoms with Crippen LogP contribution in [0.2, 0.25) is 0 Å². The molecule has 1 heterocycles. The van der Waals surface area contributed by atoms with Crippen molar-refractivity contribution >= 4 is 22.6 Å². The second-order valence-electron chi connectivity index (χ2n) is 3.68. The van der Waals surface area contributed by atoms with Crippen molar-refractivity contribution in [1.82, 2.24) is 4.57 Å². The first kappa shape index (κ1) is 14.0. The van der Waals surface area contributed by atoms with Crippen molar-refractivity contribution in [2.75, 3.05) is 0 Å². The second kappa shape index (κ2) is 5.48. The Bertz CT molecular complexity index is 464. The number of halogens is 2. The Morgan fingerprint density at radius 1 is 1.19 bits per heavy atom. The molecule has 0 unspecified atom stereocenters. The smallest absolute Gasteiger partial charge is 0.289 e. The van der Waals surface area contributed by atoms with E-state index in [9.17, 15) is 0 Å². The number of aromatic nitrogens is 2. The summed E-state index contributed by atoms with van der Waals surface area (Å²) in [5.74, 6) is 1.25. The molecule has 86 valence electrons. The van der Waals surface area contributed by atoms with Gasteiger partial charge in [0.1, 0.15) is 0 Å². The molecule has 4 heteroatoms. The van der Waals surface area contributed by atoms with Crippen LogP contribution in [0.5, 0.6) is 0 Å². The molecule has 0 saturated carbocycles. The van der Waals surface area contributed by atoms with E-state index in [1.54, 1.807) is 0 Å². The van der Waals surface area contributed by atoms with Gasteiger partial charge in [0.2, 0.25) is 3.70 Å². The lowest BCUT2D eigenvalue weighted by Crippen LogP contribution is -3.00. The molecule has 0 N–H and O–H groups in total. The van der Waals surface area contributed by atoms with Crippen LogP contribution in [0.3, 0.4) is 0 Å². The molecule has 0 aliphatic heterocycles. The minimum atomic E-state index is 0. The van der Waals surface area contributed by atoms with Gasteiger partial charge in [-0.1, -0.05) is 18.2 Å². The van der Waals surface area contributed by atoms with Crippen molar-refractivity contribution in [3.63, 3.8) is 0 Å². The van der Waals surface area contributed by atoms with E-state index in [1.165, 1.54) is 20.8 Å². The van der Waals surface area contributed by atoms with Crippen molar-refractivity contribution in [3.05, 3.63) is 39.7 Å². The molecule has 0 spiro atoms. The SMILES string of the molecule is Cc1c(I)[n+](C)c(-c2ccccc2)n1C.[I-]. The van der Waals surface area contributed by atoms with Gasteiger partial charge in [-0.25, -0.2) is 9.13 Å². The minimum absolute atomic E-state index is 0. The summed E-state index contributed by atoms with van der Waals surface area (Å²) in [5, 5.41) is 0. The average molecular weight is 440 g/mol. The molecular weight excluding hydrogens is 426 g/mol. The highest BCUT2D eigenvalue weighted by atomic mass is 127. The molecule has 0 aliphatic carbocycles. The van der Waals surface area contributed by atoms with Crippen LogP contribution in [-0.4, -0.2) is 4.57 Å². The van der Waals surface area contributed by atoms with Gasteiger partial charge in [0.25, 0.3) is 5.82 Å². The van der Waals surface area contributed by atoms with Gasteiger partial charge in [-0.2, -0.15) is 0 Å². The third-order valence-electron chi connectivity index (χ3n) is 2.76. The molecule has 2 rings (SSSR count). The summed E-state index contributed by atoms with van der Waals surface area (Å²) < 4.78 is 5.75. The van der Waals surface area contributed by atoms with Crippen LogP contribution in [-0.2, 0) is 14.1 Å². The molecule has 2 nitrogen and oxygen atoms in total. The van der Waals surface area contributed by atoms with E-state index in [-0.39, 0.29) is 24.0 Å². The topological polar surface area (TPSA) is 8.81 Å². The molecule has 1 aromatic heterocycles. The van der Waals surface area contributed by atoms with Crippen LogP contribution < -0.4 is 28.5 Å². The lowest BCUT2D eigenvalue weighted by molar-refractivity contribution is -0.672. The number of rotatable bonds is 1. The summed E-state index contributed by atoms with van der Waals surface area (Å²) in [6.45, 7) is 2.15. The van der Waals surface area contributed by atoms with Crippen LogP contribution in [0.4, 0.5) is 0 Å². The molecular formula is C12H14I2N2. The fourth-order valence-corrected chi connectivity index (χ4v) is 2.42. The van der Waals surface area contributed by atoms with Crippen LogP contribution >= 0.6 is 22.6 Å². The van der Waals surface area contributed by atoms with Gasteiger partial charge >= 0.3 is 0 Å². The second-order valence-corrected chi connectivity index (χ2v) is 4.71. The van der Waals surface area contributed by atoms with Gasteiger partial charge in [0.05, 0.1) is 19.7 Å². The van der Waals surface area contributed by atoms with E-state index in [0.717, 1.165) is 0 Å². The maximum atomic E-state index is 2.38. The Kier molecular flexibility index (Phi) is 4.78. The van der Waals surface area contributed by atoms with Crippen LogP contribution in [0, 0.1) is 10.6 Å². The summed E-state index contributed by atoms with van der Waals surface area (Å²) in [4.78, 5) is 0. The molecule has 2 aromatic rings. The number of hydrogen-bond donors (Lipinski definition) is 0. The van der Waals surface area contributed by atoms with Crippen molar-refractivity contribution in [3.8, 4) is 11.4 Å². The zero-order valence-corrected chi connectivity index (χ0v) is 13.9. The standard InChI is InChI=1S/C12H14IN2.HI/c1-9-11(13)15(3)12(14(9)2)10-7-5-4-6-8-10;/h4-8H,1-3H3;1H/q+1;/p-1. The van der Waals surface area contributed by atoms with E-state index in [2.05, 4.69) is 77.0 Å². The van der Waals surface area contributed by atoms with Gasteiger partial charge < -0.3 is 24.0 Å². The zero-order valence-electron chi connectivity index (χ0n) is 9.54. The van der Waals surface area contributed by atoms with Crippen LogP contribution in [0.25, 0.3) is 11.4 Å². The van der Waals surface area contributed by atoms with E-state index in [1.807, 2.05) is 6.07 Å². The summed E-state index contributed by atoms with van der Waals surface area (Å²) in [5.41, 5.74) is 2.56. The van der Waals surface area contributed by atoms with Crippen molar-refractivity contribution < 1.29 is 28.5 Å². The predicted octanol–water partition coefficient (Wildman–Crippen LogP) is -0.566. The Morgan fingerprint density at radius 3 is 2.19 bits per heavy atom. The Morgan fingerprint density at radius 2 is 1.75 bits per heavy atom. The number of nitrogens with zero attached hydrogens (tertiary/aromatic N) is 2. The molecule has 0 fully saturated rings. The highest BCUT2D eigenvalue weighted by Crippen LogP contribution is 2.19. The fourth-order valence-electron chi connectivity index (χ4n) is 1.83. The first-order valence-corrected chi connectivity index (χ1v) is 5.97. The highest BCUT2D eigenvalue weighted by molar-refractivity contribution is 14.1. The van der Waals surface area contributed by atoms with Gasteiger partial charge in [-0.3, -0.25) is 0 Å². The Labute approximate surface area is 127 Å². The van der Waals surface area contributed by atoms with Gasteiger partial charge in [0, 0.05) is 29.5 Å². The summed E-state index contributed by atoms with van der Waals surface area (Å²) >= 11 is 2.38. The van der Waals surface area contributed by atoms with E-state index >= 15 is 0 Å².